The molecule has 1 N–H and O–H groups in total. The van der Waals surface area contributed by atoms with Crippen LogP contribution in [0.25, 0.3) is 0 Å². The van der Waals surface area contributed by atoms with Crippen molar-refractivity contribution >= 4 is 15.9 Å². The van der Waals surface area contributed by atoms with Crippen LogP contribution < -0.4 is 9.47 Å². The Bertz CT molecular complexity index is 609. The van der Waals surface area contributed by atoms with Crippen LogP contribution in [0.5, 0.6) is 11.5 Å². The monoisotopic (exact) mass is 354 g/mol. The molecule has 0 amide bonds. The molecule has 1 unspecified atom stereocenters. The number of rotatable bonds is 5. The normalized spacial score (nSPS) is 12.0. The molecule has 5 heteroatoms. The minimum Gasteiger partial charge on any atom is -0.496 e. The second-order valence-electron chi connectivity index (χ2n) is 4.54. The fourth-order valence-electron chi connectivity index (χ4n) is 2.20. The number of methoxy groups -OCH3 is 2. The van der Waals surface area contributed by atoms with E-state index < -0.39 is 6.10 Å². The SMILES string of the molecule is COc1cccc(OC)c1C(O)Cc1ccc(F)c(Br)c1. The first-order chi connectivity index (χ1) is 10.1. The molecule has 0 spiro atoms. The summed E-state index contributed by atoms with van der Waals surface area (Å²) in [6.45, 7) is 0. The lowest BCUT2D eigenvalue weighted by Crippen LogP contribution is -2.06. The number of benzene rings is 2. The third-order valence-corrected chi connectivity index (χ3v) is 3.82. The number of ether oxygens (including phenoxy) is 2. The van der Waals surface area contributed by atoms with Gasteiger partial charge in [-0.3, -0.25) is 0 Å². The first-order valence-electron chi connectivity index (χ1n) is 6.39. The van der Waals surface area contributed by atoms with E-state index in [1.54, 1.807) is 44.6 Å². The molecule has 0 saturated carbocycles. The standard InChI is InChI=1S/C16H16BrFO3/c1-20-14-4-3-5-15(21-2)16(14)13(19)9-10-6-7-12(18)11(17)8-10/h3-8,13,19H,9H2,1-2H3. The zero-order valence-corrected chi connectivity index (χ0v) is 13.4. The molecule has 21 heavy (non-hydrogen) atoms. The van der Waals surface area contributed by atoms with Crippen LogP contribution in [0.2, 0.25) is 0 Å². The third-order valence-electron chi connectivity index (χ3n) is 3.21. The van der Waals surface area contributed by atoms with Gasteiger partial charge in [0.05, 0.1) is 30.4 Å². The van der Waals surface area contributed by atoms with E-state index in [9.17, 15) is 9.50 Å². The van der Waals surface area contributed by atoms with Crippen LogP contribution in [0.15, 0.2) is 40.9 Å². The van der Waals surface area contributed by atoms with Gasteiger partial charge in [-0.25, -0.2) is 4.39 Å². The highest BCUT2D eigenvalue weighted by Gasteiger charge is 2.19. The lowest BCUT2D eigenvalue weighted by atomic mass is 9.99. The maximum atomic E-state index is 13.2. The largest absolute Gasteiger partial charge is 0.496 e. The summed E-state index contributed by atoms with van der Waals surface area (Å²) in [6, 6.07) is 9.99. The molecule has 0 aromatic heterocycles. The minimum absolute atomic E-state index is 0.329. The van der Waals surface area contributed by atoms with Crippen molar-refractivity contribution in [2.24, 2.45) is 0 Å². The van der Waals surface area contributed by atoms with E-state index in [4.69, 9.17) is 9.47 Å². The van der Waals surface area contributed by atoms with E-state index in [-0.39, 0.29) is 5.82 Å². The molecular weight excluding hydrogens is 339 g/mol. The van der Waals surface area contributed by atoms with Crippen LogP contribution in [-0.4, -0.2) is 19.3 Å². The Hall–Kier alpha value is -1.59. The Kier molecular flexibility index (Phi) is 5.20. The molecule has 0 saturated heterocycles. The van der Waals surface area contributed by atoms with Gasteiger partial charge in [-0.2, -0.15) is 0 Å². The summed E-state index contributed by atoms with van der Waals surface area (Å²) in [7, 11) is 3.08. The number of halogens is 2. The quantitative estimate of drug-likeness (QED) is 0.885. The van der Waals surface area contributed by atoms with Crippen molar-refractivity contribution in [2.45, 2.75) is 12.5 Å². The molecule has 2 aromatic rings. The average molecular weight is 355 g/mol. The highest BCUT2D eigenvalue weighted by Crippen LogP contribution is 2.35. The van der Waals surface area contributed by atoms with E-state index in [2.05, 4.69) is 15.9 Å². The first-order valence-corrected chi connectivity index (χ1v) is 7.19. The molecule has 0 fully saturated rings. The summed E-state index contributed by atoms with van der Waals surface area (Å²) >= 11 is 3.14. The summed E-state index contributed by atoms with van der Waals surface area (Å²) in [5.74, 6) is 0.786. The van der Waals surface area contributed by atoms with Gasteiger partial charge in [0.1, 0.15) is 17.3 Å². The summed E-state index contributed by atoms with van der Waals surface area (Å²) in [5, 5.41) is 10.5. The maximum absolute atomic E-state index is 13.2. The lowest BCUT2D eigenvalue weighted by molar-refractivity contribution is 0.169. The van der Waals surface area contributed by atoms with Crippen LogP contribution in [0.1, 0.15) is 17.2 Å². The van der Waals surface area contributed by atoms with Crippen LogP contribution in [-0.2, 0) is 6.42 Å². The van der Waals surface area contributed by atoms with Crippen LogP contribution >= 0.6 is 15.9 Å². The lowest BCUT2D eigenvalue weighted by Gasteiger charge is -2.18. The van der Waals surface area contributed by atoms with E-state index in [0.29, 0.717) is 28.0 Å². The molecule has 0 aliphatic rings. The summed E-state index contributed by atoms with van der Waals surface area (Å²) in [5.41, 5.74) is 1.40. The van der Waals surface area contributed by atoms with E-state index >= 15 is 0 Å². The Morgan fingerprint density at radius 3 is 2.29 bits per heavy atom. The molecule has 0 bridgehead atoms. The van der Waals surface area contributed by atoms with Crippen molar-refractivity contribution in [3.05, 3.63) is 57.8 Å². The van der Waals surface area contributed by atoms with Gasteiger partial charge in [-0.05, 0) is 45.8 Å². The zero-order chi connectivity index (χ0) is 15.4. The molecule has 0 radical (unpaired) electrons. The second kappa shape index (κ2) is 6.91. The van der Waals surface area contributed by atoms with Crippen molar-refractivity contribution in [1.29, 1.82) is 0 Å². The van der Waals surface area contributed by atoms with Gasteiger partial charge < -0.3 is 14.6 Å². The van der Waals surface area contributed by atoms with Gasteiger partial charge in [-0.15, -0.1) is 0 Å². The van der Waals surface area contributed by atoms with Crippen LogP contribution in [0.3, 0.4) is 0 Å². The molecule has 112 valence electrons. The first kappa shape index (κ1) is 15.8. The van der Waals surface area contributed by atoms with E-state index in [0.717, 1.165) is 5.56 Å². The number of aliphatic hydroxyl groups is 1. The molecule has 0 aliphatic heterocycles. The molecule has 2 aromatic carbocycles. The Morgan fingerprint density at radius 2 is 1.76 bits per heavy atom. The van der Waals surface area contributed by atoms with E-state index in [1.165, 1.54) is 6.07 Å². The van der Waals surface area contributed by atoms with Crippen LogP contribution in [0.4, 0.5) is 4.39 Å². The topological polar surface area (TPSA) is 38.7 Å². The van der Waals surface area contributed by atoms with Crippen molar-refractivity contribution in [3.8, 4) is 11.5 Å². The maximum Gasteiger partial charge on any atom is 0.137 e. The van der Waals surface area contributed by atoms with Gasteiger partial charge in [0, 0.05) is 6.42 Å². The van der Waals surface area contributed by atoms with Gasteiger partial charge >= 0.3 is 0 Å². The fourth-order valence-corrected chi connectivity index (χ4v) is 2.63. The molecule has 0 heterocycles. The Morgan fingerprint density at radius 1 is 1.14 bits per heavy atom. The van der Waals surface area contributed by atoms with Crippen molar-refractivity contribution in [3.63, 3.8) is 0 Å². The summed E-state index contributed by atoms with van der Waals surface area (Å²) in [4.78, 5) is 0. The number of hydrogen-bond acceptors (Lipinski definition) is 3. The average Bonchev–Trinajstić information content (AvgIpc) is 2.49. The highest BCUT2D eigenvalue weighted by atomic mass is 79.9. The van der Waals surface area contributed by atoms with Crippen LogP contribution in [0, 0.1) is 5.82 Å². The summed E-state index contributed by atoms with van der Waals surface area (Å²) < 4.78 is 24.2. The number of aliphatic hydroxyl groups excluding tert-OH is 1. The van der Waals surface area contributed by atoms with E-state index in [1.807, 2.05) is 0 Å². The molecule has 1 atom stereocenters. The van der Waals surface area contributed by atoms with Gasteiger partial charge in [0.15, 0.2) is 0 Å². The predicted molar refractivity (Wildman–Crippen MR) is 82.3 cm³/mol. The van der Waals surface area contributed by atoms with Crippen molar-refractivity contribution < 1.29 is 19.0 Å². The van der Waals surface area contributed by atoms with Crippen molar-refractivity contribution in [2.75, 3.05) is 14.2 Å². The third kappa shape index (κ3) is 3.54. The van der Waals surface area contributed by atoms with Gasteiger partial charge in [0.2, 0.25) is 0 Å². The highest BCUT2D eigenvalue weighted by molar-refractivity contribution is 9.10. The summed E-state index contributed by atoms with van der Waals surface area (Å²) in [6.07, 6.45) is -0.483. The Balaban J connectivity index is 2.31. The Labute approximate surface area is 131 Å². The fraction of sp³-hybridized carbons (Fsp3) is 0.250. The minimum atomic E-state index is -0.812. The molecular formula is C16H16BrFO3. The smallest absolute Gasteiger partial charge is 0.137 e. The second-order valence-corrected chi connectivity index (χ2v) is 5.40. The van der Waals surface area contributed by atoms with Crippen molar-refractivity contribution in [1.82, 2.24) is 0 Å². The van der Waals surface area contributed by atoms with Gasteiger partial charge in [0.25, 0.3) is 0 Å². The zero-order valence-electron chi connectivity index (χ0n) is 11.8. The van der Waals surface area contributed by atoms with Gasteiger partial charge in [-0.1, -0.05) is 12.1 Å². The molecule has 3 nitrogen and oxygen atoms in total. The molecule has 2 rings (SSSR count). The predicted octanol–water partition coefficient (Wildman–Crippen LogP) is 3.88. The number of hydrogen-bond donors (Lipinski definition) is 1. The molecule has 0 aliphatic carbocycles.